The third kappa shape index (κ3) is 8.22. The highest BCUT2D eigenvalue weighted by Gasteiger charge is 2.12. The number of unbranched alkanes of at least 4 members (excludes halogenated alkanes) is 2. The first-order valence-corrected chi connectivity index (χ1v) is 9.21. The molecule has 0 saturated carbocycles. The van der Waals surface area contributed by atoms with Gasteiger partial charge in [0.15, 0.2) is 0 Å². The van der Waals surface area contributed by atoms with Crippen molar-refractivity contribution in [2.24, 2.45) is 5.92 Å². The second kappa shape index (κ2) is 11.3. The zero-order chi connectivity index (χ0) is 17.1. The Morgan fingerprint density at radius 2 is 1.70 bits per heavy atom. The van der Waals surface area contributed by atoms with E-state index in [9.17, 15) is 0 Å². The third-order valence-electron chi connectivity index (χ3n) is 4.50. The van der Waals surface area contributed by atoms with E-state index in [4.69, 9.17) is 0 Å². The van der Waals surface area contributed by atoms with Crippen molar-refractivity contribution >= 4 is 0 Å². The van der Waals surface area contributed by atoms with Crippen LogP contribution in [0.1, 0.15) is 70.4 Å². The monoisotopic (exact) mass is 316 g/mol. The van der Waals surface area contributed by atoms with Crippen molar-refractivity contribution < 1.29 is 0 Å². The highest BCUT2D eigenvalue weighted by Crippen LogP contribution is 2.16. The minimum absolute atomic E-state index is 0.604. The van der Waals surface area contributed by atoms with Crippen LogP contribution in [0.15, 0.2) is 37.0 Å². The minimum atomic E-state index is 0.604. The standard InChI is InChI=1S/C21H36N2/c1-6-22-15-9-7-8-10-21(18(4)5)23-16-19-11-13-20(14-12-19)17(2)3/h6,11-14,17-18,21-23H,1,7-10,15-16H2,2-5H3. The Labute approximate surface area is 143 Å². The summed E-state index contributed by atoms with van der Waals surface area (Å²) in [7, 11) is 0. The molecule has 1 rings (SSSR count). The van der Waals surface area contributed by atoms with E-state index in [-0.39, 0.29) is 0 Å². The lowest BCUT2D eigenvalue weighted by Crippen LogP contribution is -2.33. The molecule has 130 valence electrons. The van der Waals surface area contributed by atoms with E-state index in [1.165, 1.54) is 36.8 Å². The van der Waals surface area contributed by atoms with E-state index in [0.717, 1.165) is 13.1 Å². The summed E-state index contributed by atoms with van der Waals surface area (Å²) >= 11 is 0. The fourth-order valence-corrected chi connectivity index (χ4v) is 2.81. The second-order valence-corrected chi connectivity index (χ2v) is 7.14. The van der Waals surface area contributed by atoms with Crippen molar-refractivity contribution in [1.82, 2.24) is 10.6 Å². The Kier molecular flexibility index (Phi) is 9.70. The van der Waals surface area contributed by atoms with Crippen LogP contribution in [0.4, 0.5) is 0 Å². The van der Waals surface area contributed by atoms with Crippen LogP contribution in [0.5, 0.6) is 0 Å². The molecule has 1 aromatic rings. The van der Waals surface area contributed by atoms with Gasteiger partial charge in [0, 0.05) is 19.1 Å². The number of rotatable bonds is 12. The van der Waals surface area contributed by atoms with Gasteiger partial charge in [0.25, 0.3) is 0 Å². The molecule has 0 aliphatic carbocycles. The molecule has 0 amide bonds. The van der Waals surface area contributed by atoms with Gasteiger partial charge < -0.3 is 10.6 Å². The lowest BCUT2D eigenvalue weighted by atomic mass is 9.97. The Morgan fingerprint density at radius 3 is 2.26 bits per heavy atom. The highest BCUT2D eigenvalue weighted by atomic mass is 14.9. The van der Waals surface area contributed by atoms with Crippen LogP contribution in [-0.2, 0) is 6.54 Å². The van der Waals surface area contributed by atoms with Crippen LogP contribution in [0.3, 0.4) is 0 Å². The number of benzene rings is 1. The van der Waals surface area contributed by atoms with E-state index in [2.05, 4.69) is 69.2 Å². The Balaban J connectivity index is 2.33. The maximum absolute atomic E-state index is 3.75. The van der Waals surface area contributed by atoms with Crippen LogP contribution in [0.25, 0.3) is 0 Å². The molecular weight excluding hydrogens is 280 g/mol. The van der Waals surface area contributed by atoms with Crippen molar-refractivity contribution in [3.05, 3.63) is 48.2 Å². The second-order valence-electron chi connectivity index (χ2n) is 7.14. The fraction of sp³-hybridized carbons (Fsp3) is 0.619. The molecule has 0 aliphatic rings. The molecule has 0 heterocycles. The summed E-state index contributed by atoms with van der Waals surface area (Å²) in [6.45, 7) is 14.8. The van der Waals surface area contributed by atoms with Gasteiger partial charge in [-0.05, 0) is 42.0 Å². The minimum Gasteiger partial charge on any atom is -0.391 e. The maximum atomic E-state index is 3.75. The predicted molar refractivity (Wildman–Crippen MR) is 103 cm³/mol. The first-order valence-electron chi connectivity index (χ1n) is 9.21. The van der Waals surface area contributed by atoms with E-state index < -0.39 is 0 Å². The number of hydrogen-bond donors (Lipinski definition) is 2. The molecule has 1 atom stereocenters. The summed E-state index contributed by atoms with van der Waals surface area (Å²) in [5.74, 6) is 1.28. The van der Waals surface area contributed by atoms with Gasteiger partial charge in [-0.1, -0.05) is 71.4 Å². The number of nitrogens with one attached hydrogen (secondary N) is 2. The molecule has 0 fully saturated rings. The molecule has 2 heteroatoms. The molecule has 2 N–H and O–H groups in total. The average molecular weight is 317 g/mol. The largest absolute Gasteiger partial charge is 0.391 e. The van der Waals surface area contributed by atoms with Gasteiger partial charge in [-0.3, -0.25) is 0 Å². The predicted octanol–water partition coefficient (Wildman–Crippen LogP) is 5.22. The van der Waals surface area contributed by atoms with Gasteiger partial charge in [0.05, 0.1) is 0 Å². The lowest BCUT2D eigenvalue weighted by molar-refractivity contribution is 0.363. The van der Waals surface area contributed by atoms with Gasteiger partial charge in [-0.2, -0.15) is 0 Å². The van der Waals surface area contributed by atoms with E-state index in [0.29, 0.717) is 17.9 Å². The highest BCUT2D eigenvalue weighted by molar-refractivity contribution is 5.24. The van der Waals surface area contributed by atoms with Gasteiger partial charge in [-0.25, -0.2) is 0 Å². The van der Waals surface area contributed by atoms with Crippen LogP contribution in [0, 0.1) is 5.92 Å². The van der Waals surface area contributed by atoms with Gasteiger partial charge in [0.1, 0.15) is 0 Å². The molecule has 1 aromatic carbocycles. The van der Waals surface area contributed by atoms with Crippen LogP contribution in [-0.4, -0.2) is 12.6 Å². The summed E-state index contributed by atoms with van der Waals surface area (Å²) < 4.78 is 0. The average Bonchev–Trinajstić information content (AvgIpc) is 2.53. The fourth-order valence-electron chi connectivity index (χ4n) is 2.81. The molecule has 0 aromatic heterocycles. The molecule has 0 spiro atoms. The van der Waals surface area contributed by atoms with Gasteiger partial charge >= 0.3 is 0 Å². The summed E-state index contributed by atoms with van der Waals surface area (Å²) in [6.07, 6.45) is 6.85. The lowest BCUT2D eigenvalue weighted by Gasteiger charge is -2.23. The molecule has 0 saturated heterocycles. The Hall–Kier alpha value is -1.28. The van der Waals surface area contributed by atoms with Gasteiger partial charge in [0.2, 0.25) is 0 Å². The van der Waals surface area contributed by atoms with Gasteiger partial charge in [-0.15, -0.1) is 0 Å². The van der Waals surface area contributed by atoms with Crippen LogP contribution >= 0.6 is 0 Å². The first-order chi connectivity index (χ1) is 11.0. The summed E-state index contributed by atoms with van der Waals surface area (Å²) in [4.78, 5) is 0. The first kappa shape index (κ1) is 19.8. The molecule has 2 nitrogen and oxygen atoms in total. The number of hydrogen-bond acceptors (Lipinski definition) is 2. The van der Waals surface area contributed by atoms with Crippen LogP contribution in [0.2, 0.25) is 0 Å². The quantitative estimate of drug-likeness (QED) is 0.517. The van der Waals surface area contributed by atoms with Crippen molar-refractivity contribution in [2.45, 2.75) is 71.9 Å². The van der Waals surface area contributed by atoms with E-state index in [1.54, 1.807) is 6.20 Å². The van der Waals surface area contributed by atoms with E-state index >= 15 is 0 Å². The van der Waals surface area contributed by atoms with Crippen LogP contribution < -0.4 is 10.6 Å². The zero-order valence-electron chi connectivity index (χ0n) is 15.6. The normalized spacial score (nSPS) is 12.6. The summed E-state index contributed by atoms with van der Waals surface area (Å²) in [6, 6.07) is 9.66. The smallest absolute Gasteiger partial charge is 0.0208 e. The van der Waals surface area contributed by atoms with Crippen molar-refractivity contribution in [2.75, 3.05) is 6.54 Å². The van der Waals surface area contributed by atoms with Crippen molar-refractivity contribution in [1.29, 1.82) is 0 Å². The van der Waals surface area contributed by atoms with Crippen molar-refractivity contribution in [3.8, 4) is 0 Å². The van der Waals surface area contributed by atoms with Crippen molar-refractivity contribution in [3.63, 3.8) is 0 Å². The molecule has 0 aliphatic heterocycles. The van der Waals surface area contributed by atoms with E-state index in [1.807, 2.05) is 0 Å². The maximum Gasteiger partial charge on any atom is 0.0208 e. The molecule has 0 radical (unpaired) electrons. The zero-order valence-corrected chi connectivity index (χ0v) is 15.6. The Bertz CT molecular complexity index is 420. The SMILES string of the molecule is C=CNCCCCCC(NCc1ccc(C(C)C)cc1)C(C)C. The molecular formula is C21H36N2. The topological polar surface area (TPSA) is 24.1 Å². The summed E-state index contributed by atoms with van der Waals surface area (Å²) in [5, 5.41) is 6.92. The Morgan fingerprint density at radius 1 is 1.00 bits per heavy atom. The molecule has 1 unspecified atom stereocenters. The molecule has 0 bridgehead atoms. The third-order valence-corrected chi connectivity index (χ3v) is 4.50. The summed E-state index contributed by atoms with van der Waals surface area (Å²) in [5.41, 5.74) is 2.80. The molecule has 23 heavy (non-hydrogen) atoms.